The van der Waals surface area contributed by atoms with Gasteiger partial charge >= 0.3 is 6.18 Å². The minimum absolute atomic E-state index is 0.0969. The predicted octanol–water partition coefficient (Wildman–Crippen LogP) is 4.69. The molecular weight excluding hydrogens is 419 g/mol. The van der Waals surface area contributed by atoms with Crippen molar-refractivity contribution in [3.05, 3.63) is 59.5 Å². The van der Waals surface area contributed by atoms with Crippen molar-refractivity contribution < 1.29 is 18.0 Å². The Bertz CT molecular complexity index is 1090. The van der Waals surface area contributed by atoms with E-state index < -0.39 is 11.7 Å². The average molecular weight is 445 g/mol. The van der Waals surface area contributed by atoms with Gasteiger partial charge in [-0.3, -0.25) is 14.1 Å². The zero-order valence-electron chi connectivity index (χ0n) is 18.1. The van der Waals surface area contributed by atoms with Crippen LogP contribution in [0.25, 0.3) is 5.65 Å². The Labute approximate surface area is 184 Å². The molecule has 0 saturated carbocycles. The van der Waals surface area contributed by atoms with Crippen LogP contribution in [0.2, 0.25) is 0 Å². The standard InChI is InChI=1S/C23H26F3N5O/c1-15(2)16-5-8-19(9-6-16)27-21(32)14-30-11-3-4-17(12-30)22-29-28-20-10-7-18(13-31(20)22)23(24,25)26/h5-10,13,15,17H,3-4,11-12,14H2,1-2H3,(H,27,32). The number of halogens is 3. The number of hydrogen-bond donors (Lipinski definition) is 1. The lowest BCUT2D eigenvalue weighted by Crippen LogP contribution is -2.40. The van der Waals surface area contributed by atoms with Crippen LogP contribution < -0.4 is 5.32 Å². The summed E-state index contributed by atoms with van der Waals surface area (Å²) in [7, 11) is 0. The molecule has 1 fully saturated rings. The minimum Gasteiger partial charge on any atom is -0.325 e. The maximum absolute atomic E-state index is 13.1. The predicted molar refractivity (Wildman–Crippen MR) is 116 cm³/mol. The SMILES string of the molecule is CC(C)c1ccc(NC(=O)CN2CCCC(c3nnc4ccc(C(F)(F)F)cn34)C2)cc1. The summed E-state index contributed by atoms with van der Waals surface area (Å²) in [5, 5.41) is 11.1. The quantitative estimate of drug-likeness (QED) is 0.619. The number of piperidine rings is 1. The number of fused-ring (bicyclic) bond motifs is 1. The van der Waals surface area contributed by atoms with Crippen LogP contribution >= 0.6 is 0 Å². The van der Waals surface area contributed by atoms with E-state index in [2.05, 4.69) is 29.4 Å². The summed E-state index contributed by atoms with van der Waals surface area (Å²) < 4.78 is 40.8. The zero-order valence-corrected chi connectivity index (χ0v) is 18.1. The molecule has 1 atom stereocenters. The van der Waals surface area contributed by atoms with Crippen molar-refractivity contribution in [1.29, 1.82) is 0 Å². The summed E-state index contributed by atoms with van der Waals surface area (Å²) >= 11 is 0. The van der Waals surface area contributed by atoms with Gasteiger partial charge in [0, 0.05) is 24.3 Å². The van der Waals surface area contributed by atoms with E-state index >= 15 is 0 Å². The molecule has 2 aromatic heterocycles. The summed E-state index contributed by atoms with van der Waals surface area (Å²) in [6.07, 6.45) is -1.77. The van der Waals surface area contributed by atoms with Crippen molar-refractivity contribution in [2.45, 2.75) is 44.7 Å². The van der Waals surface area contributed by atoms with Gasteiger partial charge in [-0.1, -0.05) is 26.0 Å². The van der Waals surface area contributed by atoms with E-state index in [1.165, 1.54) is 16.0 Å². The number of anilines is 1. The van der Waals surface area contributed by atoms with Crippen LogP contribution in [0.15, 0.2) is 42.6 Å². The molecule has 0 spiro atoms. The Morgan fingerprint density at radius 1 is 1.16 bits per heavy atom. The molecule has 6 nitrogen and oxygen atoms in total. The molecule has 3 heterocycles. The van der Waals surface area contributed by atoms with Gasteiger partial charge < -0.3 is 5.32 Å². The van der Waals surface area contributed by atoms with Crippen molar-refractivity contribution in [2.75, 3.05) is 25.0 Å². The van der Waals surface area contributed by atoms with Gasteiger partial charge in [0.1, 0.15) is 5.82 Å². The highest BCUT2D eigenvalue weighted by atomic mass is 19.4. The number of likely N-dealkylation sites (tertiary alicyclic amines) is 1. The first-order chi connectivity index (χ1) is 15.2. The number of aromatic nitrogens is 3. The summed E-state index contributed by atoms with van der Waals surface area (Å²) in [5.41, 5.74) is 1.60. The highest BCUT2D eigenvalue weighted by Gasteiger charge is 2.32. The van der Waals surface area contributed by atoms with Crippen LogP contribution in [0.1, 0.15) is 55.5 Å². The molecule has 1 aliphatic rings. The third-order valence-corrected chi connectivity index (χ3v) is 5.86. The molecule has 1 amide bonds. The average Bonchev–Trinajstić information content (AvgIpc) is 3.17. The number of carbonyl (C=O) groups excluding carboxylic acids is 1. The normalized spacial score (nSPS) is 17.8. The van der Waals surface area contributed by atoms with Crippen LogP contribution in [-0.2, 0) is 11.0 Å². The van der Waals surface area contributed by atoms with Crippen LogP contribution in [0.4, 0.5) is 18.9 Å². The molecular formula is C23H26F3N5O. The van der Waals surface area contributed by atoms with Crippen molar-refractivity contribution in [2.24, 2.45) is 0 Å². The van der Waals surface area contributed by atoms with Crippen LogP contribution in [-0.4, -0.2) is 45.0 Å². The second-order valence-electron chi connectivity index (χ2n) is 8.60. The minimum atomic E-state index is -4.43. The van der Waals surface area contributed by atoms with E-state index in [9.17, 15) is 18.0 Å². The molecule has 1 N–H and O–H groups in total. The van der Waals surface area contributed by atoms with Crippen molar-refractivity contribution >= 4 is 17.2 Å². The van der Waals surface area contributed by atoms with Gasteiger partial charge in [-0.05, 0) is 55.1 Å². The first-order valence-corrected chi connectivity index (χ1v) is 10.7. The zero-order chi connectivity index (χ0) is 22.9. The fourth-order valence-electron chi connectivity index (χ4n) is 4.12. The molecule has 9 heteroatoms. The Balaban J connectivity index is 1.43. The molecule has 1 aliphatic heterocycles. The molecule has 32 heavy (non-hydrogen) atoms. The first-order valence-electron chi connectivity index (χ1n) is 10.7. The second-order valence-corrected chi connectivity index (χ2v) is 8.60. The Kier molecular flexibility index (Phi) is 6.19. The highest BCUT2D eigenvalue weighted by molar-refractivity contribution is 5.92. The topological polar surface area (TPSA) is 62.5 Å². The van der Waals surface area contributed by atoms with E-state index in [0.717, 1.165) is 37.3 Å². The van der Waals surface area contributed by atoms with E-state index in [1.54, 1.807) is 0 Å². The lowest BCUT2D eigenvalue weighted by Gasteiger charge is -2.31. The van der Waals surface area contributed by atoms with Gasteiger partial charge in [-0.25, -0.2) is 0 Å². The number of amides is 1. The highest BCUT2D eigenvalue weighted by Crippen LogP contribution is 2.31. The second kappa shape index (κ2) is 8.90. The van der Waals surface area contributed by atoms with Gasteiger partial charge in [0.15, 0.2) is 5.65 Å². The number of benzene rings is 1. The van der Waals surface area contributed by atoms with Crippen LogP contribution in [0, 0.1) is 0 Å². The summed E-state index contributed by atoms with van der Waals surface area (Å²) in [6, 6.07) is 10.1. The third-order valence-electron chi connectivity index (χ3n) is 5.86. The van der Waals surface area contributed by atoms with Crippen LogP contribution in [0.5, 0.6) is 0 Å². The largest absolute Gasteiger partial charge is 0.417 e. The Morgan fingerprint density at radius 2 is 1.91 bits per heavy atom. The van der Waals surface area contributed by atoms with Gasteiger partial charge in [0.2, 0.25) is 5.91 Å². The lowest BCUT2D eigenvalue weighted by atomic mass is 9.97. The maximum atomic E-state index is 13.1. The van der Waals surface area contributed by atoms with Gasteiger partial charge in [-0.2, -0.15) is 13.2 Å². The van der Waals surface area contributed by atoms with Crippen LogP contribution in [0.3, 0.4) is 0 Å². The molecule has 0 aliphatic carbocycles. The number of alkyl halides is 3. The number of pyridine rings is 1. The molecule has 1 unspecified atom stereocenters. The van der Waals surface area contributed by atoms with Gasteiger partial charge in [0.05, 0.1) is 12.1 Å². The molecule has 170 valence electrons. The molecule has 0 bridgehead atoms. The van der Waals surface area contributed by atoms with Crippen molar-refractivity contribution in [1.82, 2.24) is 19.5 Å². The first kappa shape index (κ1) is 22.3. The Hall–Kier alpha value is -2.94. The summed E-state index contributed by atoms with van der Waals surface area (Å²) in [4.78, 5) is 14.6. The fourth-order valence-corrected chi connectivity index (χ4v) is 4.12. The molecule has 4 rings (SSSR count). The van der Waals surface area contributed by atoms with E-state index in [1.807, 2.05) is 29.2 Å². The number of hydrogen-bond acceptors (Lipinski definition) is 4. The van der Waals surface area contributed by atoms with E-state index in [-0.39, 0.29) is 18.4 Å². The molecule has 0 radical (unpaired) electrons. The molecule has 1 aromatic carbocycles. The van der Waals surface area contributed by atoms with Crippen molar-refractivity contribution in [3.63, 3.8) is 0 Å². The maximum Gasteiger partial charge on any atom is 0.417 e. The van der Waals surface area contributed by atoms with Gasteiger partial charge in [-0.15, -0.1) is 10.2 Å². The smallest absolute Gasteiger partial charge is 0.325 e. The van der Waals surface area contributed by atoms with E-state index in [4.69, 9.17) is 0 Å². The lowest BCUT2D eigenvalue weighted by molar-refractivity contribution is -0.137. The number of rotatable bonds is 5. The molecule has 3 aromatic rings. The Morgan fingerprint density at radius 3 is 2.59 bits per heavy atom. The third kappa shape index (κ3) is 4.93. The monoisotopic (exact) mass is 445 g/mol. The molecule has 1 saturated heterocycles. The number of nitrogens with zero attached hydrogens (tertiary/aromatic N) is 4. The van der Waals surface area contributed by atoms with Gasteiger partial charge in [0.25, 0.3) is 0 Å². The number of nitrogens with one attached hydrogen (secondary N) is 1. The van der Waals surface area contributed by atoms with Crippen molar-refractivity contribution in [3.8, 4) is 0 Å². The summed E-state index contributed by atoms with van der Waals surface area (Å²) in [5.74, 6) is 0.708. The van der Waals surface area contributed by atoms with E-state index in [0.29, 0.717) is 23.9 Å². The fraction of sp³-hybridized carbons (Fsp3) is 0.435. The number of carbonyl (C=O) groups is 1. The summed E-state index contributed by atoms with van der Waals surface area (Å²) in [6.45, 7) is 5.73.